The zero-order valence-corrected chi connectivity index (χ0v) is 6.21. The third-order valence-corrected chi connectivity index (χ3v) is 1.41. The van der Waals surface area contributed by atoms with Crippen LogP contribution < -0.4 is 5.30 Å². The Kier molecular flexibility index (Phi) is 1.77. The minimum Gasteiger partial charge on any atom is -0.228 e. The highest BCUT2D eigenvalue weighted by Gasteiger charge is 1.95. The molecule has 0 spiro atoms. The van der Waals surface area contributed by atoms with E-state index < -0.39 is 5.95 Å². The molecular weight excluding hydrogens is 136 g/mol. The van der Waals surface area contributed by atoms with E-state index in [1.54, 1.807) is 6.07 Å². The van der Waals surface area contributed by atoms with Crippen molar-refractivity contribution in [3.05, 3.63) is 23.8 Å². The van der Waals surface area contributed by atoms with E-state index in [1.807, 2.05) is 6.92 Å². The Hall–Kier alpha value is -0.490. The molecule has 0 aliphatic heterocycles. The molecule has 3 heteroatoms. The van der Waals surface area contributed by atoms with Crippen molar-refractivity contribution < 1.29 is 4.39 Å². The molecule has 0 radical (unpaired) electrons. The molecule has 1 atom stereocenters. The van der Waals surface area contributed by atoms with Crippen molar-refractivity contribution in [1.82, 2.24) is 4.98 Å². The van der Waals surface area contributed by atoms with Crippen molar-refractivity contribution in [3.63, 3.8) is 0 Å². The second-order valence-electron chi connectivity index (χ2n) is 1.89. The molecule has 0 saturated heterocycles. The number of pyridine rings is 1. The minimum atomic E-state index is -0.411. The molecule has 0 aliphatic carbocycles. The third kappa shape index (κ3) is 1.46. The summed E-state index contributed by atoms with van der Waals surface area (Å²) in [5.41, 5.74) is 0.974. The van der Waals surface area contributed by atoms with Gasteiger partial charge in [0, 0.05) is 11.5 Å². The van der Waals surface area contributed by atoms with E-state index in [2.05, 4.69) is 14.2 Å². The minimum absolute atomic E-state index is 0.411. The van der Waals surface area contributed by atoms with E-state index >= 15 is 0 Å². The first kappa shape index (κ1) is 6.63. The standard InChI is InChI=1S/C6H7FNP/c1-4-2-5(9)6(7)8-3-4/h2-3H,9H2,1H3. The van der Waals surface area contributed by atoms with Gasteiger partial charge in [-0.2, -0.15) is 4.39 Å². The van der Waals surface area contributed by atoms with Crippen LogP contribution >= 0.6 is 9.24 Å². The lowest BCUT2D eigenvalue weighted by Crippen LogP contribution is -2.01. The molecule has 1 heterocycles. The van der Waals surface area contributed by atoms with Gasteiger partial charge in [0.2, 0.25) is 5.95 Å². The molecule has 1 aromatic rings. The monoisotopic (exact) mass is 143 g/mol. The number of hydrogen-bond donors (Lipinski definition) is 0. The van der Waals surface area contributed by atoms with E-state index in [9.17, 15) is 4.39 Å². The first-order valence-corrected chi connectivity index (χ1v) is 3.15. The largest absolute Gasteiger partial charge is 0.228 e. The predicted octanol–water partition coefficient (Wildman–Crippen LogP) is 1.03. The van der Waals surface area contributed by atoms with Gasteiger partial charge in [0.15, 0.2) is 0 Å². The summed E-state index contributed by atoms with van der Waals surface area (Å²) in [5.74, 6) is -0.411. The molecule has 1 aromatic heterocycles. The summed E-state index contributed by atoms with van der Waals surface area (Å²) in [4.78, 5) is 3.49. The Balaban J connectivity index is 3.17. The Morgan fingerprint density at radius 3 is 2.78 bits per heavy atom. The van der Waals surface area contributed by atoms with Crippen LogP contribution in [0.15, 0.2) is 12.3 Å². The van der Waals surface area contributed by atoms with Crippen LogP contribution in [0.5, 0.6) is 0 Å². The van der Waals surface area contributed by atoms with Gasteiger partial charge in [-0.15, -0.1) is 9.24 Å². The van der Waals surface area contributed by atoms with Crippen LogP contribution in [-0.2, 0) is 0 Å². The van der Waals surface area contributed by atoms with Crippen molar-refractivity contribution in [2.45, 2.75) is 6.92 Å². The second kappa shape index (κ2) is 2.40. The fraction of sp³-hybridized carbons (Fsp3) is 0.167. The fourth-order valence-corrected chi connectivity index (χ4v) is 0.913. The molecule has 0 amide bonds. The highest BCUT2D eigenvalue weighted by Crippen LogP contribution is 1.97. The fourth-order valence-electron chi connectivity index (χ4n) is 0.575. The lowest BCUT2D eigenvalue weighted by Gasteiger charge is -1.93. The molecule has 0 aliphatic rings. The van der Waals surface area contributed by atoms with E-state index in [0.29, 0.717) is 5.30 Å². The number of aryl methyl sites for hydroxylation is 1. The van der Waals surface area contributed by atoms with Crippen molar-refractivity contribution in [1.29, 1.82) is 0 Å². The number of hydrogen-bond acceptors (Lipinski definition) is 1. The van der Waals surface area contributed by atoms with Gasteiger partial charge < -0.3 is 0 Å². The van der Waals surface area contributed by atoms with E-state index in [0.717, 1.165) is 5.56 Å². The maximum atomic E-state index is 12.4. The zero-order chi connectivity index (χ0) is 6.85. The first-order chi connectivity index (χ1) is 4.20. The summed E-state index contributed by atoms with van der Waals surface area (Å²) in [6, 6.07) is 1.73. The van der Waals surface area contributed by atoms with Crippen LogP contribution in [0.4, 0.5) is 4.39 Å². The molecule has 9 heavy (non-hydrogen) atoms. The second-order valence-corrected chi connectivity index (χ2v) is 2.51. The maximum absolute atomic E-state index is 12.4. The van der Waals surface area contributed by atoms with Crippen molar-refractivity contribution in [3.8, 4) is 0 Å². The lowest BCUT2D eigenvalue weighted by atomic mass is 10.3. The lowest BCUT2D eigenvalue weighted by molar-refractivity contribution is 0.592. The summed E-state index contributed by atoms with van der Waals surface area (Å²) >= 11 is 0. The number of halogens is 1. The van der Waals surface area contributed by atoms with E-state index in [-0.39, 0.29) is 0 Å². The van der Waals surface area contributed by atoms with Gasteiger partial charge in [-0.25, -0.2) is 4.98 Å². The summed E-state index contributed by atoms with van der Waals surface area (Å²) in [5, 5.41) is 0.523. The quantitative estimate of drug-likeness (QED) is 0.390. The molecule has 0 saturated carbocycles. The predicted molar refractivity (Wildman–Crippen MR) is 38.3 cm³/mol. The summed E-state index contributed by atoms with van der Waals surface area (Å²) < 4.78 is 12.4. The van der Waals surface area contributed by atoms with Crippen LogP contribution in [0.25, 0.3) is 0 Å². The molecule has 0 fully saturated rings. The summed E-state index contributed by atoms with van der Waals surface area (Å²) in [7, 11) is 2.28. The Labute approximate surface area is 55.5 Å². The molecule has 1 rings (SSSR count). The average molecular weight is 143 g/mol. The molecule has 48 valence electrons. The van der Waals surface area contributed by atoms with E-state index in [4.69, 9.17) is 0 Å². The van der Waals surface area contributed by atoms with Crippen molar-refractivity contribution in [2.24, 2.45) is 0 Å². The molecular formula is C6H7FNP. The number of rotatable bonds is 0. The van der Waals surface area contributed by atoms with Gasteiger partial charge in [-0.3, -0.25) is 0 Å². The maximum Gasteiger partial charge on any atom is 0.220 e. The number of nitrogens with zero attached hydrogens (tertiary/aromatic N) is 1. The van der Waals surface area contributed by atoms with Gasteiger partial charge in [0.05, 0.1) is 0 Å². The van der Waals surface area contributed by atoms with Gasteiger partial charge in [0.1, 0.15) is 0 Å². The molecule has 0 aromatic carbocycles. The summed E-state index contributed by atoms with van der Waals surface area (Å²) in [6.07, 6.45) is 1.50. The average Bonchev–Trinajstić information content (AvgIpc) is 1.80. The summed E-state index contributed by atoms with van der Waals surface area (Å²) in [6.45, 7) is 1.88. The van der Waals surface area contributed by atoms with Crippen LogP contribution in [0.2, 0.25) is 0 Å². The smallest absolute Gasteiger partial charge is 0.220 e. The van der Waals surface area contributed by atoms with Gasteiger partial charge in [-0.1, -0.05) is 0 Å². The van der Waals surface area contributed by atoms with Crippen LogP contribution in [0, 0.1) is 12.9 Å². The highest BCUT2D eigenvalue weighted by atomic mass is 31.0. The Morgan fingerprint density at radius 1 is 1.67 bits per heavy atom. The van der Waals surface area contributed by atoms with Gasteiger partial charge >= 0.3 is 0 Å². The van der Waals surface area contributed by atoms with Crippen LogP contribution in [0.1, 0.15) is 5.56 Å². The van der Waals surface area contributed by atoms with Crippen LogP contribution in [0.3, 0.4) is 0 Å². The SMILES string of the molecule is Cc1cnc(F)c(P)c1. The number of aromatic nitrogens is 1. The molecule has 1 nitrogen and oxygen atoms in total. The topological polar surface area (TPSA) is 12.9 Å². The normalized spacial score (nSPS) is 9.67. The third-order valence-electron chi connectivity index (χ3n) is 1.00. The zero-order valence-electron chi connectivity index (χ0n) is 5.06. The van der Waals surface area contributed by atoms with Gasteiger partial charge in [-0.05, 0) is 18.6 Å². The first-order valence-electron chi connectivity index (χ1n) is 2.58. The molecule has 1 unspecified atom stereocenters. The molecule has 0 bridgehead atoms. The highest BCUT2D eigenvalue weighted by molar-refractivity contribution is 7.27. The van der Waals surface area contributed by atoms with Crippen molar-refractivity contribution in [2.75, 3.05) is 0 Å². The van der Waals surface area contributed by atoms with Gasteiger partial charge in [0.25, 0.3) is 0 Å². The van der Waals surface area contributed by atoms with E-state index in [1.165, 1.54) is 6.20 Å². The Morgan fingerprint density at radius 2 is 2.33 bits per heavy atom. The van der Waals surface area contributed by atoms with Crippen LogP contribution in [-0.4, -0.2) is 4.98 Å². The molecule has 0 N–H and O–H groups in total. The van der Waals surface area contributed by atoms with Crippen molar-refractivity contribution >= 4 is 14.5 Å². The Bertz CT molecular complexity index is 224.